The van der Waals surface area contributed by atoms with Gasteiger partial charge in [-0.2, -0.15) is 0 Å². The summed E-state index contributed by atoms with van der Waals surface area (Å²) in [6.07, 6.45) is 0.828. The molecule has 0 aromatic heterocycles. The zero-order valence-electron chi connectivity index (χ0n) is 10.6. The number of hydrogen-bond acceptors (Lipinski definition) is 4. The first-order valence-corrected chi connectivity index (χ1v) is 7.39. The van der Waals surface area contributed by atoms with Gasteiger partial charge in [0.2, 0.25) is 10.0 Å². The van der Waals surface area contributed by atoms with Gasteiger partial charge >= 0.3 is 0 Å². The molecule has 0 amide bonds. The lowest BCUT2D eigenvalue weighted by Crippen LogP contribution is -2.36. The molecular weight excluding hydrogens is 252 g/mol. The lowest BCUT2D eigenvalue weighted by Gasteiger charge is -2.14. The van der Waals surface area contributed by atoms with Crippen molar-refractivity contribution >= 4 is 10.0 Å². The highest BCUT2D eigenvalue weighted by Crippen LogP contribution is 2.21. The fourth-order valence-corrected chi connectivity index (χ4v) is 3.59. The van der Waals surface area contributed by atoms with Gasteiger partial charge in [0.15, 0.2) is 0 Å². The van der Waals surface area contributed by atoms with Crippen LogP contribution in [-0.4, -0.2) is 34.7 Å². The van der Waals surface area contributed by atoms with Crippen LogP contribution in [0.4, 0.5) is 0 Å². The fraction of sp³-hybridized carbons (Fsp3) is 0.500. The predicted octanol–water partition coefficient (Wildman–Crippen LogP) is 0.644. The van der Waals surface area contributed by atoms with E-state index < -0.39 is 10.0 Å². The van der Waals surface area contributed by atoms with Gasteiger partial charge in [-0.3, -0.25) is 0 Å². The van der Waals surface area contributed by atoms with Gasteiger partial charge in [-0.25, -0.2) is 13.1 Å². The number of nitrogens with one attached hydrogen (secondary N) is 2. The highest BCUT2D eigenvalue weighted by molar-refractivity contribution is 7.89. The molecule has 2 rings (SSSR count). The van der Waals surface area contributed by atoms with Gasteiger partial charge in [0.05, 0.1) is 12.0 Å². The van der Waals surface area contributed by atoms with E-state index in [9.17, 15) is 8.42 Å². The third-order valence-electron chi connectivity index (χ3n) is 3.05. The van der Waals surface area contributed by atoms with Crippen LogP contribution in [0.1, 0.15) is 12.0 Å². The third kappa shape index (κ3) is 2.82. The molecule has 100 valence electrons. The van der Waals surface area contributed by atoms with Crippen LogP contribution in [0.3, 0.4) is 0 Å². The van der Waals surface area contributed by atoms with Crippen molar-refractivity contribution in [2.45, 2.75) is 24.3 Å². The topological polar surface area (TPSA) is 67.4 Å². The second-order valence-electron chi connectivity index (χ2n) is 4.44. The van der Waals surface area contributed by atoms with Crippen LogP contribution in [-0.2, 0) is 10.0 Å². The van der Waals surface area contributed by atoms with Crippen molar-refractivity contribution in [1.82, 2.24) is 10.0 Å². The van der Waals surface area contributed by atoms with Gasteiger partial charge < -0.3 is 10.1 Å². The van der Waals surface area contributed by atoms with E-state index in [1.165, 1.54) is 0 Å². The van der Waals surface area contributed by atoms with Gasteiger partial charge in [0.1, 0.15) is 5.75 Å². The van der Waals surface area contributed by atoms with E-state index in [1.807, 2.05) is 0 Å². The minimum absolute atomic E-state index is 0.0171. The highest BCUT2D eigenvalue weighted by Gasteiger charge is 2.23. The van der Waals surface area contributed by atoms with Gasteiger partial charge in [-0.05, 0) is 43.7 Å². The maximum absolute atomic E-state index is 12.2. The molecule has 1 saturated heterocycles. The van der Waals surface area contributed by atoms with Crippen molar-refractivity contribution in [2.24, 2.45) is 0 Å². The van der Waals surface area contributed by atoms with Crippen LogP contribution in [0.5, 0.6) is 5.75 Å². The highest BCUT2D eigenvalue weighted by atomic mass is 32.2. The Balaban J connectivity index is 2.23. The minimum atomic E-state index is -3.44. The number of aryl methyl sites for hydroxylation is 1. The molecular formula is C12H18N2O3S. The van der Waals surface area contributed by atoms with Crippen molar-refractivity contribution in [1.29, 1.82) is 0 Å². The van der Waals surface area contributed by atoms with E-state index in [1.54, 1.807) is 32.2 Å². The zero-order chi connectivity index (χ0) is 13.2. The molecule has 0 aliphatic carbocycles. The molecule has 5 nitrogen and oxygen atoms in total. The number of benzene rings is 1. The average molecular weight is 270 g/mol. The third-order valence-corrected chi connectivity index (χ3v) is 4.73. The Kier molecular flexibility index (Phi) is 3.89. The Morgan fingerprint density at radius 3 is 2.78 bits per heavy atom. The Morgan fingerprint density at radius 2 is 2.22 bits per heavy atom. The van der Waals surface area contributed by atoms with Crippen molar-refractivity contribution in [3.63, 3.8) is 0 Å². The van der Waals surface area contributed by atoms with E-state index in [-0.39, 0.29) is 6.04 Å². The van der Waals surface area contributed by atoms with E-state index in [2.05, 4.69) is 10.0 Å². The molecule has 1 heterocycles. The molecule has 6 heteroatoms. The lowest BCUT2D eigenvalue weighted by atomic mass is 10.2. The Labute approximate surface area is 108 Å². The molecule has 1 fully saturated rings. The molecule has 0 spiro atoms. The van der Waals surface area contributed by atoms with Crippen LogP contribution in [0.25, 0.3) is 0 Å². The first kappa shape index (κ1) is 13.3. The zero-order valence-corrected chi connectivity index (χ0v) is 11.4. The monoisotopic (exact) mass is 270 g/mol. The molecule has 0 saturated carbocycles. The summed E-state index contributed by atoms with van der Waals surface area (Å²) in [4.78, 5) is 0.315. The minimum Gasteiger partial charge on any atom is -0.497 e. The summed E-state index contributed by atoms with van der Waals surface area (Å²) in [6, 6.07) is 4.95. The molecule has 1 unspecified atom stereocenters. The summed E-state index contributed by atoms with van der Waals surface area (Å²) < 4.78 is 32.2. The largest absolute Gasteiger partial charge is 0.497 e. The first-order valence-electron chi connectivity index (χ1n) is 5.90. The number of methoxy groups -OCH3 is 1. The summed E-state index contributed by atoms with van der Waals surface area (Å²) in [5.74, 6) is 0.661. The lowest BCUT2D eigenvalue weighted by molar-refractivity contribution is 0.414. The summed E-state index contributed by atoms with van der Waals surface area (Å²) in [6.45, 7) is 3.31. The van der Waals surface area contributed by atoms with Gasteiger partial charge in [-0.15, -0.1) is 0 Å². The van der Waals surface area contributed by atoms with E-state index in [0.29, 0.717) is 22.8 Å². The van der Waals surface area contributed by atoms with Crippen molar-refractivity contribution in [3.05, 3.63) is 23.8 Å². The first-order chi connectivity index (χ1) is 8.53. The normalized spacial score (nSPS) is 20.0. The van der Waals surface area contributed by atoms with Crippen molar-refractivity contribution in [3.8, 4) is 5.75 Å². The quantitative estimate of drug-likeness (QED) is 0.843. The van der Waals surface area contributed by atoms with Gasteiger partial charge in [0.25, 0.3) is 0 Å². The Morgan fingerprint density at radius 1 is 1.44 bits per heavy atom. The fourth-order valence-electron chi connectivity index (χ4n) is 2.09. The van der Waals surface area contributed by atoms with Crippen LogP contribution < -0.4 is 14.8 Å². The van der Waals surface area contributed by atoms with E-state index in [4.69, 9.17) is 4.74 Å². The standard InChI is InChI=1S/C12H18N2O3S/c1-9-7-11(17-2)3-4-12(9)18(15,16)14-10-5-6-13-8-10/h3-4,7,10,13-14H,5-6,8H2,1-2H3. The summed E-state index contributed by atoms with van der Waals surface area (Å²) in [5.41, 5.74) is 0.688. The molecule has 0 bridgehead atoms. The second-order valence-corrected chi connectivity index (χ2v) is 6.12. The van der Waals surface area contributed by atoms with Crippen molar-refractivity contribution in [2.75, 3.05) is 20.2 Å². The molecule has 1 atom stereocenters. The van der Waals surface area contributed by atoms with E-state index in [0.717, 1.165) is 13.0 Å². The molecule has 2 N–H and O–H groups in total. The number of hydrogen-bond donors (Lipinski definition) is 2. The van der Waals surface area contributed by atoms with Crippen LogP contribution >= 0.6 is 0 Å². The number of ether oxygens (including phenoxy) is 1. The SMILES string of the molecule is COc1ccc(S(=O)(=O)NC2CCNC2)c(C)c1. The number of sulfonamides is 1. The molecule has 1 aliphatic heterocycles. The summed E-state index contributed by atoms with van der Waals surface area (Å²) in [5, 5.41) is 3.13. The average Bonchev–Trinajstić information content (AvgIpc) is 2.80. The van der Waals surface area contributed by atoms with Crippen LogP contribution in [0.15, 0.2) is 23.1 Å². The van der Waals surface area contributed by atoms with E-state index >= 15 is 0 Å². The molecule has 1 aromatic carbocycles. The summed E-state index contributed by atoms with van der Waals surface area (Å²) >= 11 is 0. The maximum atomic E-state index is 12.2. The molecule has 1 aromatic rings. The van der Waals surface area contributed by atoms with Gasteiger partial charge in [0, 0.05) is 12.6 Å². The van der Waals surface area contributed by atoms with Crippen LogP contribution in [0.2, 0.25) is 0 Å². The number of rotatable bonds is 4. The van der Waals surface area contributed by atoms with Gasteiger partial charge in [-0.1, -0.05) is 0 Å². The summed E-state index contributed by atoms with van der Waals surface area (Å²) in [7, 11) is -1.88. The second kappa shape index (κ2) is 5.26. The smallest absolute Gasteiger partial charge is 0.241 e. The predicted molar refractivity (Wildman–Crippen MR) is 69.3 cm³/mol. The Bertz CT molecular complexity index is 522. The van der Waals surface area contributed by atoms with Crippen molar-refractivity contribution < 1.29 is 13.2 Å². The van der Waals surface area contributed by atoms with Crippen LogP contribution in [0, 0.1) is 6.92 Å². The Hall–Kier alpha value is -1.11. The molecule has 18 heavy (non-hydrogen) atoms. The molecule has 1 aliphatic rings. The molecule has 0 radical (unpaired) electrons. The maximum Gasteiger partial charge on any atom is 0.241 e.